The van der Waals surface area contributed by atoms with Gasteiger partial charge in [0.1, 0.15) is 17.5 Å². The molecule has 0 saturated carbocycles. The van der Waals surface area contributed by atoms with Crippen LogP contribution in [-0.4, -0.2) is 38.6 Å². The van der Waals surface area contributed by atoms with Crippen LogP contribution in [0.2, 0.25) is 0 Å². The van der Waals surface area contributed by atoms with E-state index < -0.39 is 23.7 Å². The quantitative estimate of drug-likeness (QED) is 0.617. The fraction of sp³-hybridized carbons (Fsp3) is 0.261. The molecule has 1 atom stereocenters. The molecule has 0 aliphatic carbocycles. The third kappa shape index (κ3) is 5.91. The number of carboxylic acids is 1. The number of nitrogens with zero attached hydrogens (tertiary/aromatic N) is 2. The van der Waals surface area contributed by atoms with Gasteiger partial charge in [-0.25, -0.2) is 18.7 Å². The Bertz CT molecular complexity index is 1060. The topological polar surface area (TPSA) is 93.5 Å². The Morgan fingerprint density at radius 1 is 1.13 bits per heavy atom. The van der Waals surface area contributed by atoms with Crippen LogP contribution in [0.4, 0.5) is 9.18 Å². The van der Waals surface area contributed by atoms with Gasteiger partial charge < -0.3 is 15.2 Å². The number of hydrogen-bond acceptors (Lipinski definition) is 4. The molecule has 1 amide bonds. The van der Waals surface area contributed by atoms with Crippen LogP contribution in [-0.2, 0) is 16.0 Å². The van der Waals surface area contributed by atoms with Crippen molar-refractivity contribution in [2.24, 2.45) is 0 Å². The van der Waals surface area contributed by atoms with E-state index in [1.807, 2.05) is 30.3 Å². The number of para-hydroxylation sites is 1. The van der Waals surface area contributed by atoms with E-state index in [4.69, 9.17) is 4.74 Å². The zero-order valence-corrected chi connectivity index (χ0v) is 17.5. The lowest BCUT2D eigenvalue weighted by molar-refractivity contribution is -0.139. The molecule has 0 fully saturated rings. The fourth-order valence-corrected chi connectivity index (χ4v) is 2.99. The Hall–Kier alpha value is -3.68. The maximum atomic E-state index is 13.4. The van der Waals surface area contributed by atoms with Gasteiger partial charge in [0.2, 0.25) is 0 Å². The Morgan fingerprint density at radius 3 is 2.35 bits per heavy atom. The molecule has 3 rings (SSSR count). The molecule has 1 heterocycles. The van der Waals surface area contributed by atoms with Gasteiger partial charge >= 0.3 is 12.1 Å². The minimum atomic E-state index is -1.23. The number of halogens is 1. The van der Waals surface area contributed by atoms with Gasteiger partial charge in [0.15, 0.2) is 0 Å². The molecule has 2 aromatic carbocycles. The van der Waals surface area contributed by atoms with E-state index in [0.29, 0.717) is 16.8 Å². The molecule has 0 spiro atoms. The zero-order chi connectivity index (χ0) is 22.6. The van der Waals surface area contributed by atoms with Gasteiger partial charge in [-0.15, -0.1) is 0 Å². The number of amides is 1. The van der Waals surface area contributed by atoms with Crippen LogP contribution in [0.1, 0.15) is 26.3 Å². The van der Waals surface area contributed by atoms with Crippen molar-refractivity contribution in [1.29, 1.82) is 0 Å². The van der Waals surface area contributed by atoms with E-state index in [1.165, 1.54) is 12.1 Å². The first-order chi connectivity index (χ1) is 14.6. The number of hydrogen-bond donors (Lipinski definition) is 2. The summed E-state index contributed by atoms with van der Waals surface area (Å²) in [5, 5.41) is 16.6. The summed E-state index contributed by atoms with van der Waals surface area (Å²) in [6.07, 6.45) is 0.855. The second-order valence-electron chi connectivity index (χ2n) is 8.03. The van der Waals surface area contributed by atoms with E-state index >= 15 is 0 Å². The minimum absolute atomic E-state index is 0.0336. The van der Waals surface area contributed by atoms with Crippen LogP contribution in [0.25, 0.3) is 16.9 Å². The third-order valence-corrected chi connectivity index (χ3v) is 4.34. The molecule has 162 valence electrons. The van der Waals surface area contributed by atoms with E-state index in [0.717, 1.165) is 5.69 Å². The number of alkyl carbamates (subject to hydrolysis) is 1. The number of nitrogens with one attached hydrogen (secondary N) is 1. The molecule has 1 aromatic heterocycles. The number of carbonyl (C=O) groups is 2. The standard InChI is InChI=1S/C23H24FN3O4/c1-23(2,3)31-22(30)25-19(21(28)29)13-16-14-27(18-7-5-4-6-8-18)26-20(16)15-9-11-17(24)12-10-15/h4-12,14,19H,13H2,1-3H3,(H,25,30)(H,28,29). The van der Waals surface area contributed by atoms with Gasteiger partial charge in [-0.3, -0.25) is 0 Å². The minimum Gasteiger partial charge on any atom is -0.480 e. The van der Waals surface area contributed by atoms with Crippen molar-refractivity contribution in [2.45, 2.75) is 38.8 Å². The number of ether oxygens (including phenoxy) is 1. The summed E-state index contributed by atoms with van der Waals surface area (Å²) in [5.41, 5.74) is 1.74. The molecule has 3 aromatic rings. The van der Waals surface area contributed by atoms with Crippen molar-refractivity contribution in [1.82, 2.24) is 15.1 Å². The number of rotatable bonds is 6. The zero-order valence-electron chi connectivity index (χ0n) is 17.5. The highest BCUT2D eigenvalue weighted by atomic mass is 19.1. The van der Waals surface area contributed by atoms with Crippen molar-refractivity contribution >= 4 is 12.1 Å². The normalized spacial score (nSPS) is 12.3. The molecule has 1 unspecified atom stereocenters. The molecule has 2 N–H and O–H groups in total. The van der Waals surface area contributed by atoms with Crippen molar-refractivity contribution in [3.05, 3.63) is 72.2 Å². The van der Waals surface area contributed by atoms with E-state index in [-0.39, 0.29) is 12.2 Å². The number of carboxylic acid groups (broad SMARTS) is 1. The highest BCUT2D eigenvalue weighted by molar-refractivity contribution is 5.81. The summed E-state index contributed by atoms with van der Waals surface area (Å²) < 4.78 is 20.2. The molecule has 0 aliphatic heterocycles. The summed E-state index contributed by atoms with van der Waals surface area (Å²) in [6.45, 7) is 5.08. The molecule has 0 bridgehead atoms. The van der Waals surface area contributed by atoms with Gasteiger partial charge in [0.05, 0.1) is 11.4 Å². The summed E-state index contributed by atoms with van der Waals surface area (Å²) in [5.74, 6) is -1.59. The summed E-state index contributed by atoms with van der Waals surface area (Å²) in [7, 11) is 0. The average Bonchev–Trinajstić information content (AvgIpc) is 3.11. The molecule has 0 saturated heterocycles. The molecular formula is C23H24FN3O4. The highest BCUT2D eigenvalue weighted by Gasteiger charge is 2.26. The van der Waals surface area contributed by atoms with E-state index in [1.54, 1.807) is 43.8 Å². The number of carbonyl (C=O) groups excluding carboxylic acids is 1. The second-order valence-corrected chi connectivity index (χ2v) is 8.03. The third-order valence-electron chi connectivity index (χ3n) is 4.34. The van der Waals surface area contributed by atoms with Gasteiger partial charge in [-0.1, -0.05) is 18.2 Å². The highest BCUT2D eigenvalue weighted by Crippen LogP contribution is 2.25. The van der Waals surface area contributed by atoms with Gasteiger partial charge in [-0.2, -0.15) is 5.10 Å². The Morgan fingerprint density at radius 2 is 1.77 bits per heavy atom. The SMILES string of the molecule is CC(C)(C)OC(=O)NC(Cc1cn(-c2ccccc2)nc1-c1ccc(F)cc1)C(=O)O. The number of benzene rings is 2. The van der Waals surface area contributed by atoms with Gasteiger partial charge in [0.25, 0.3) is 0 Å². The second kappa shape index (κ2) is 8.99. The molecule has 7 nitrogen and oxygen atoms in total. The van der Waals surface area contributed by atoms with Gasteiger partial charge in [0, 0.05) is 23.7 Å². The summed E-state index contributed by atoms with van der Waals surface area (Å²) in [6, 6.07) is 13.9. The fourth-order valence-electron chi connectivity index (χ4n) is 2.99. The molecular weight excluding hydrogens is 401 g/mol. The predicted molar refractivity (Wildman–Crippen MR) is 113 cm³/mol. The van der Waals surface area contributed by atoms with Crippen LogP contribution in [0.15, 0.2) is 60.8 Å². The largest absolute Gasteiger partial charge is 0.480 e. The molecule has 31 heavy (non-hydrogen) atoms. The lowest BCUT2D eigenvalue weighted by Gasteiger charge is -2.22. The summed E-state index contributed by atoms with van der Waals surface area (Å²) >= 11 is 0. The van der Waals surface area contributed by atoms with Crippen molar-refractivity contribution in [3.63, 3.8) is 0 Å². The lowest BCUT2D eigenvalue weighted by Crippen LogP contribution is -2.44. The van der Waals surface area contributed by atoms with E-state index in [9.17, 15) is 19.1 Å². The lowest BCUT2D eigenvalue weighted by atomic mass is 10.0. The monoisotopic (exact) mass is 425 g/mol. The maximum Gasteiger partial charge on any atom is 0.408 e. The first-order valence-corrected chi connectivity index (χ1v) is 9.74. The molecule has 0 radical (unpaired) electrons. The first-order valence-electron chi connectivity index (χ1n) is 9.74. The van der Waals surface area contributed by atoms with E-state index in [2.05, 4.69) is 10.4 Å². The van der Waals surface area contributed by atoms with Crippen LogP contribution in [0, 0.1) is 5.82 Å². The summed E-state index contributed by atoms with van der Waals surface area (Å²) in [4.78, 5) is 24.0. The Balaban J connectivity index is 1.95. The average molecular weight is 425 g/mol. The van der Waals surface area contributed by atoms with Crippen LogP contribution in [0.3, 0.4) is 0 Å². The van der Waals surface area contributed by atoms with Crippen molar-refractivity contribution in [3.8, 4) is 16.9 Å². The number of aliphatic carboxylic acids is 1. The Kier molecular flexibility index (Phi) is 6.39. The van der Waals surface area contributed by atoms with Crippen molar-refractivity contribution in [2.75, 3.05) is 0 Å². The van der Waals surface area contributed by atoms with Gasteiger partial charge in [-0.05, 0) is 57.2 Å². The van der Waals surface area contributed by atoms with Crippen LogP contribution >= 0.6 is 0 Å². The number of aromatic nitrogens is 2. The predicted octanol–water partition coefficient (Wildman–Crippen LogP) is 4.20. The maximum absolute atomic E-state index is 13.4. The van der Waals surface area contributed by atoms with Crippen LogP contribution < -0.4 is 5.32 Å². The molecule has 8 heteroatoms. The van der Waals surface area contributed by atoms with Crippen molar-refractivity contribution < 1.29 is 23.8 Å². The molecule has 0 aliphatic rings. The Labute approximate surface area is 179 Å². The van der Waals surface area contributed by atoms with Crippen LogP contribution in [0.5, 0.6) is 0 Å². The first kappa shape index (κ1) is 22.0. The smallest absolute Gasteiger partial charge is 0.408 e.